The van der Waals surface area contributed by atoms with Gasteiger partial charge in [-0.1, -0.05) is 6.92 Å². The second kappa shape index (κ2) is 90.6. The normalized spacial score (nSPS) is 5.73. The van der Waals surface area contributed by atoms with Crippen molar-refractivity contribution in [3.63, 3.8) is 0 Å². The smallest absolute Gasteiger partial charge is 0.0581 e. The second-order valence-electron chi connectivity index (χ2n) is 0.894. The summed E-state index contributed by atoms with van der Waals surface area (Å²) in [6, 6.07) is 0. The van der Waals surface area contributed by atoms with E-state index in [1.807, 2.05) is 6.92 Å². The molecule has 1 atom stereocenters. The minimum atomic E-state index is -0.0922. The van der Waals surface area contributed by atoms with Crippen LogP contribution in [0.3, 0.4) is 0 Å². The van der Waals surface area contributed by atoms with E-state index in [1.54, 1.807) is 0 Å². The van der Waals surface area contributed by atoms with E-state index < -0.39 is 0 Å². The topological polar surface area (TPSA) is 95.1 Å². The van der Waals surface area contributed by atoms with Crippen molar-refractivity contribution in [2.75, 3.05) is 27.3 Å². The first-order chi connectivity index (χ1) is 5.41. The fourth-order valence-electron chi connectivity index (χ4n) is 0.102. The molecule has 6 N–H and O–H groups in total. The molecule has 0 fully saturated rings. The maximum atomic E-state index is 9.56. The van der Waals surface area contributed by atoms with Crippen LogP contribution in [0.5, 0.6) is 0 Å². The van der Waals surface area contributed by atoms with E-state index >= 15 is 0 Å². The molecule has 0 aliphatic heterocycles. The molecule has 11 heavy (non-hydrogen) atoms. The minimum absolute atomic E-state index is 0.0922. The summed E-state index contributed by atoms with van der Waals surface area (Å²) in [5.74, 6) is 0. The van der Waals surface area contributed by atoms with Gasteiger partial charge in [-0.15, -0.1) is 0 Å². The maximum absolute atomic E-state index is 9.56. The highest BCUT2D eigenvalue weighted by Gasteiger charge is 1.66. The Kier molecular flexibility index (Phi) is 185. The lowest BCUT2D eigenvalue weighted by atomic mass is 10.6. The Morgan fingerprint density at radius 3 is 1.27 bits per heavy atom. The van der Waals surface area contributed by atoms with Crippen LogP contribution in [0, 0.1) is 0 Å². The van der Waals surface area contributed by atoms with Crippen molar-refractivity contribution in [2.45, 2.75) is 13.3 Å². The van der Waals surface area contributed by atoms with E-state index in [-0.39, 0.29) is 8.46 Å². The molecule has 1 radical (unpaired) electrons. The lowest BCUT2D eigenvalue weighted by Crippen LogP contribution is -1.69. The highest BCUT2D eigenvalue weighted by molar-refractivity contribution is 7.23. The Balaban J connectivity index is -0.0000000350. The van der Waals surface area contributed by atoms with Crippen molar-refractivity contribution in [1.82, 2.24) is 0 Å². The number of hydrogen-bond acceptors (Lipinski definition) is 4. The van der Waals surface area contributed by atoms with Gasteiger partial charge in [0.1, 0.15) is 0 Å². The van der Waals surface area contributed by atoms with Crippen molar-refractivity contribution in [3.05, 3.63) is 0 Å². The first kappa shape index (κ1) is 22.4. The van der Waals surface area contributed by atoms with Gasteiger partial charge in [-0.2, -0.15) is 0 Å². The summed E-state index contributed by atoms with van der Waals surface area (Å²) in [7, 11) is 4.41. The lowest BCUT2D eigenvalue weighted by Gasteiger charge is -1.68. The molecule has 0 aromatic carbocycles. The molecule has 0 aromatic rings. The van der Waals surface area contributed by atoms with Gasteiger partial charge in [0.05, 0.1) is 8.46 Å². The molecular weight excluding hydrogens is 161 g/mol. The largest absolute Gasteiger partial charge is 0.333 e. The van der Waals surface area contributed by atoms with Crippen molar-refractivity contribution < 1.29 is 4.57 Å². The summed E-state index contributed by atoms with van der Waals surface area (Å²) < 4.78 is 9.56. The third-order valence-corrected chi connectivity index (χ3v) is 1.06. The van der Waals surface area contributed by atoms with Crippen LogP contribution in [-0.4, -0.2) is 27.3 Å². The van der Waals surface area contributed by atoms with E-state index in [0.717, 1.165) is 12.6 Å². The van der Waals surface area contributed by atoms with Gasteiger partial charge in [0.25, 0.3) is 0 Å². The van der Waals surface area contributed by atoms with Crippen molar-refractivity contribution >= 4 is 8.46 Å². The number of hydrogen-bond donors (Lipinski definition) is 3. The Morgan fingerprint density at radius 2 is 1.27 bits per heavy atom. The van der Waals surface area contributed by atoms with Crippen LogP contribution in [-0.2, 0) is 4.57 Å². The summed E-state index contributed by atoms with van der Waals surface area (Å²) in [6.45, 7) is 2.02. The molecule has 0 amide bonds. The molecule has 73 valence electrons. The van der Waals surface area contributed by atoms with Crippen molar-refractivity contribution in [1.29, 1.82) is 0 Å². The van der Waals surface area contributed by atoms with Gasteiger partial charge in [-0.05, 0) is 27.6 Å². The Labute approximate surface area is 71.7 Å². The molecule has 0 bridgehead atoms. The molecule has 1 unspecified atom stereocenters. The monoisotopic (exact) mass is 184 g/mol. The van der Waals surface area contributed by atoms with Gasteiger partial charge < -0.3 is 17.2 Å². The molecule has 0 spiro atoms. The van der Waals surface area contributed by atoms with Gasteiger partial charge >= 0.3 is 0 Å². The molecule has 0 aliphatic rings. The van der Waals surface area contributed by atoms with Crippen LogP contribution in [0.2, 0.25) is 0 Å². The summed E-state index contributed by atoms with van der Waals surface area (Å²) in [5, 5.41) is 0. The number of nitrogens with two attached hydrogens (primary N) is 3. The molecule has 5 heteroatoms. The third-order valence-electron chi connectivity index (χ3n) is 0.352. The SMILES string of the molecule is CCC[PH]=O.CN.CN.CN. The summed E-state index contributed by atoms with van der Waals surface area (Å²) in [6.07, 6.45) is 1.90. The van der Waals surface area contributed by atoms with E-state index in [2.05, 4.69) is 17.2 Å². The lowest BCUT2D eigenvalue weighted by molar-refractivity contribution is 0.598. The van der Waals surface area contributed by atoms with E-state index in [9.17, 15) is 4.57 Å². The molecule has 0 rings (SSSR count). The fraction of sp³-hybridized carbons (Fsp3) is 1.00. The standard InChI is InChI=1S/C3H8OP.3CH5N/c1-2-3-5-4;3*1-2/h5H,2-3H2,1H3;3*2H2,1H3. The van der Waals surface area contributed by atoms with Crippen molar-refractivity contribution in [2.24, 2.45) is 17.2 Å². The molecule has 4 nitrogen and oxygen atoms in total. The van der Waals surface area contributed by atoms with Crippen LogP contribution < -0.4 is 17.2 Å². The quantitative estimate of drug-likeness (QED) is 0.532. The first-order valence-electron chi connectivity index (χ1n) is 3.50. The predicted octanol–water partition coefficient (Wildman–Crippen LogP) is 0.145. The van der Waals surface area contributed by atoms with Crippen molar-refractivity contribution in [3.8, 4) is 0 Å². The molecule has 0 aromatic heterocycles. The Hall–Kier alpha value is -0.0200. The molecule has 0 saturated carbocycles. The fourth-order valence-corrected chi connectivity index (χ4v) is 0.306. The van der Waals surface area contributed by atoms with Crippen LogP contribution in [0.4, 0.5) is 0 Å². The van der Waals surface area contributed by atoms with E-state index in [1.165, 1.54) is 21.1 Å². The zero-order chi connectivity index (χ0) is 10.1. The summed E-state index contributed by atoms with van der Waals surface area (Å²) >= 11 is 0. The van der Waals surface area contributed by atoms with Gasteiger partial charge in [0.2, 0.25) is 0 Å². The molecule has 0 heterocycles. The highest BCUT2D eigenvalue weighted by atomic mass is 31.1. The average molecular weight is 184 g/mol. The average Bonchev–Trinajstić information content (AvgIpc) is 2.16. The Bertz CT molecular complexity index is 39.0. The zero-order valence-corrected chi connectivity index (χ0v) is 9.05. The Morgan fingerprint density at radius 1 is 1.00 bits per heavy atom. The highest BCUT2D eigenvalue weighted by Crippen LogP contribution is 1.90. The zero-order valence-electron chi connectivity index (χ0n) is 8.05. The second-order valence-corrected chi connectivity index (χ2v) is 1.68. The van der Waals surface area contributed by atoms with Crippen LogP contribution in [0.15, 0.2) is 0 Å². The summed E-state index contributed by atoms with van der Waals surface area (Å²) in [5.41, 5.74) is 13.5. The van der Waals surface area contributed by atoms with Gasteiger partial charge in [0.15, 0.2) is 0 Å². The molecule has 0 aliphatic carbocycles. The third kappa shape index (κ3) is 162. The van der Waals surface area contributed by atoms with Gasteiger partial charge in [-0.25, -0.2) is 0 Å². The van der Waals surface area contributed by atoms with E-state index in [0.29, 0.717) is 0 Å². The number of rotatable bonds is 2. The minimum Gasteiger partial charge on any atom is -0.333 e. The van der Waals surface area contributed by atoms with E-state index in [4.69, 9.17) is 0 Å². The molecular formula is C6H23N3OP. The summed E-state index contributed by atoms with van der Waals surface area (Å²) in [4.78, 5) is 0. The van der Waals surface area contributed by atoms with Crippen LogP contribution in [0.25, 0.3) is 0 Å². The van der Waals surface area contributed by atoms with Gasteiger partial charge in [0, 0.05) is 6.16 Å². The van der Waals surface area contributed by atoms with Gasteiger partial charge in [-0.3, -0.25) is 4.57 Å². The first-order valence-corrected chi connectivity index (χ1v) is 4.61. The maximum Gasteiger partial charge on any atom is 0.0581 e. The van der Waals surface area contributed by atoms with Crippen LogP contribution in [0.1, 0.15) is 13.3 Å². The predicted molar refractivity (Wildman–Crippen MR) is 54.5 cm³/mol. The molecule has 0 saturated heterocycles. The van der Waals surface area contributed by atoms with Crippen LogP contribution >= 0.6 is 8.46 Å².